The molecule has 0 spiro atoms. The third kappa shape index (κ3) is 5.11. The van der Waals surface area contributed by atoms with Gasteiger partial charge in [0.15, 0.2) is 16.4 Å². The number of rotatable bonds is 6. The number of halogens is 1. The van der Waals surface area contributed by atoms with Gasteiger partial charge in [-0.05, 0) is 30.9 Å². The fourth-order valence-electron chi connectivity index (χ4n) is 3.52. The van der Waals surface area contributed by atoms with Crippen LogP contribution in [0.25, 0.3) is 11.0 Å². The smallest absolute Gasteiger partial charge is 0.336 e. The van der Waals surface area contributed by atoms with Crippen molar-refractivity contribution in [1.29, 1.82) is 0 Å². The van der Waals surface area contributed by atoms with Crippen LogP contribution in [-0.2, 0) is 14.6 Å². The van der Waals surface area contributed by atoms with Crippen LogP contribution in [0.3, 0.4) is 0 Å². The van der Waals surface area contributed by atoms with Crippen LogP contribution in [0.15, 0.2) is 27.4 Å². The van der Waals surface area contributed by atoms with Gasteiger partial charge in [0.2, 0.25) is 0 Å². The second-order valence-electron chi connectivity index (χ2n) is 7.81. The van der Waals surface area contributed by atoms with Crippen LogP contribution in [0.1, 0.15) is 25.8 Å². The quantitative estimate of drug-likeness (QED) is 0.640. The van der Waals surface area contributed by atoms with E-state index in [2.05, 4.69) is 0 Å². The lowest BCUT2D eigenvalue weighted by Gasteiger charge is -2.30. The van der Waals surface area contributed by atoms with Crippen molar-refractivity contribution in [3.63, 3.8) is 0 Å². The normalized spacial score (nSPS) is 18.3. The molecule has 158 valence electrons. The molecule has 1 aromatic carbocycles. The topological polar surface area (TPSA) is 93.9 Å². The summed E-state index contributed by atoms with van der Waals surface area (Å²) in [6.45, 7) is 5.87. The third-order valence-corrected chi connectivity index (χ3v) is 6.93. The van der Waals surface area contributed by atoms with E-state index in [1.54, 1.807) is 17.9 Å². The SMILES string of the molecule is Cc1cc(=O)oc2cc(OCC(=O)N(CC(C)C)C3CCS(=O)(=O)C3)c(Cl)cc12. The summed E-state index contributed by atoms with van der Waals surface area (Å²) < 4.78 is 34.5. The van der Waals surface area contributed by atoms with Crippen molar-refractivity contribution in [2.24, 2.45) is 5.92 Å². The zero-order valence-electron chi connectivity index (χ0n) is 16.6. The minimum atomic E-state index is -3.11. The van der Waals surface area contributed by atoms with E-state index in [0.29, 0.717) is 29.0 Å². The van der Waals surface area contributed by atoms with E-state index in [-0.39, 0.29) is 41.7 Å². The third-order valence-electron chi connectivity index (χ3n) is 4.89. The van der Waals surface area contributed by atoms with Crippen molar-refractivity contribution < 1.29 is 22.4 Å². The van der Waals surface area contributed by atoms with Gasteiger partial charge in [0.05, 0.1) is 16.5 Å². The molecule has 0 bridgehead atoms. The molecule has 9 heteroatoms. The van der Waals surface area contributed by atoms with E-state index >= 15 is 0 Å². The van der Waals surface area contributed by atoms with Gasteiger partial charge >= 0.3 is 5.63 Å². The molecule has 1 unspecified atom stereocenters. The minimum Gasteiger partial charge on any atom is -0.482 e. The first kappa shape index (κ1) is 21.6. The number of amides is 1. The number of carbonyl (C=O) groups is 1. The Morgan fingerprint density at radius 2 is 2.07 bits per heavy atom. The molecule has 1 atom stereocenters. The molecular weight excluding hydrogens is 418 g/mol. The molecule has 29 heavy (non-hydrogen) atoms. The number of hydrogen-bond donors (Lipinski definition) is 0. The van der Waals surface area contributed by atoms with Crippen molar-refractivity contribution in [2.75, 3.05) is 24.7 Å². The number of hydrogen-bond acceptors (Lipinski definition) is 6. The number of benzene rings is 1. The lowest BCUT2D eigenvalue weighted by Crippen LogP contribution is -2.45. The summed E-state index contributed by atoms with van der Waals surface area (Å²) in [5, 5.41) is 0.979. The summed E-state index contributed by atoms with van der Waals surface area (Å²) in [7, 11) is -3.11. The minimum absolute atomic E-state index is 0.0212. The van der Waals surface area contributed by atoms with E-state index in [1.165, 1.54) is 12.1 Å². The first-order valence-corrected chi connectivity index (χ1v) is 11.6. The molecule has 2 aromatic rings. The highest BCUT2D eigenvalue weighted by molar-refractivity contribution is 7.91. The maximum absolute atomic E-state index is 12.8. The molecule has 3 rings (SSSR count). The van der Waals surface area contributed by atoms with Crippen molar-refractivity contribution in [3.8, 4) is 5.75 Å². The van der Waals surface area contributed by atoms with Gasteiger partial charge in [-0.25, -0.2) is 13.2 Å². The van der Waals surface area contributed by atoms with Crippen molar-refractivity contribution in [2.45, 2.75) is 33.2 Å². The maximum Gasteiger partial charge on any atom is 0.336 e. The van der Waals surface area contributed by atoms with Crippen LogP contribution >= 0.6 is 11.6 Å². The molecule has 7 nitrogen and oxygen atoms in total. The molecule has 1 fully saturated rings. The molecule has 1 amide bonds. The highest BCUT2D eigenvalue weighted by atomic mass is 35.5. The number of aryl methyl sites for hydroxylation is 1. The van der Waals surface area contributed by atoms with Gasteiger partial charge < -0.3 is 14.1 Å². The second-order valence-corrected chi connectivity index (χ2v) is 10.4. The molecule has 0 radical (unpaired) electrons. The number of carbonyl (C=O) groups excluding carboxylic acids is 1. The summed E-state index contributed by atoms with van der Waals surface area (Å²) in [5.74, 6) is 0.179. The summed E-state index contributed by atoms with van der Waals surface area (Å²) in [4.78, 5) is 26.0. The van der Waals surface area contributed by atoms with Gasteiger partial charge in [-0.1, -0.05) is 25.4 Å². The standard InChI is InChI=1S/C20H24ClNO6S/c1-12(2)9-22(14-4-5-29(25,26)11-14)19(23)10-27-18-8-17-15(7-16(18)21)13(3)6-20(24)28-17/h6-8,12,14H,4-5,9-11H2,1-3H3. The summed E-state index contributed by atoms with van der Waals surface area (Å²) >= 11 is 6.28. The van der Waals surface area contributed by atoms with Crippen LogP contribution in [-0.4, -0.2) is 49.9 Å². The van der Waals surface area contributed by atoms with E-state index in [9.17, 15) is 18.0 Å². The zero-order chi connectivity index (χ0) is 21.3. The molecule has 0 saturated carbocycles. The maximum atomic E-state index is 12.8. The Kier molecular flexibility index (Phi) is 6.24. The average Bonchev–Trinajstić information content (AvgIpc) is 2.97. The summed E-state index contributed by atoms with van der Waals surface area (Å²) in [6.07, 6.45) is 0.432. The van der Waals surface area contributed by atoms with Crippen LogP contribution in [0.5, 0.6) is 5.75 Å². The van der Waals surface area contributed by atoms with Crippen LogP contribution in [0.4, 0.5) is 0 Å². The van der Waals surface area contributed by atoms with Gasteiger partial charge in [-0.2, -0.15) is 0 Å². The van der Waals surface area contributed by atoms with Gasteiger partial charge in [0, 0.05) is 30.1 Å². The Morgan fingerprint density at radius 1 is 1.34 bits per heavy atom. The predicted octanol–water partition coefficient (Wildman–Crippen LogP) is 2.81. The van der Waals surface area contributed by atoms with Gasteiger partial charge in [0.1, 0.15) is 11.3 Å². The molecule has 1 aromatic heterocycles. The Bertz CT molecular complexity index is 1090. The number of sulfone groups is 1. The molecule has 1 aliphatic heterocycles. The average molecular weight is 442 g/mol. The molecule has 1 aliphatic rings. The molecule has 0 N–H and O–H groups in total. The lowest BCUT2D eigenvalue weighted by atomic mass is 10.1. The number of fused-ring (bicyclic) bond motifs is 1. The monoisotopic (exact) mass is 441 g/mol. The number of ether oxygens (including phenoxy) is 1. The van der Waals surface area contributed by atoms with Crippen LogP contribution < -0.4 is 10.4 Å². The first-order valence-electron chi connectivity index (χ1n) is 9.42. The molecule has 1 saturated heterocycles. The van der Waals surface area contributed by atoms with Crippen molar-refractivity contribution in [1.82, 2.24) is 4.90 Å². The molecule has 0 aliphatic carbocycles. The van der Waals surface area contributed by atoms with Gasteiger partial charge in [0.25, 0.3) is 5.91 Å². The van der Waals surface area contributed by atoms with Gasteiger partial charge in [-0.3, -0.25) is 4.79 Å². The summed E-state index contributed by atoms with van der Waals surface area (Å²) in [5.41, 5.74) is 0.569. The Morgan fingerprint density at radius 3 is 2.69 bits per heavy atom. The Balaban J connectivity index is 1.79. The molecular formula is C20H24ClNO6S. The molecule has 2 heterocycles. The second kappa shape index (κ2) is 8.36. The van der Waals surface area contributed by atoms with E-state index < -0.39 is 15.5 Å². The predicted molar refractivity (Wildman–Crippen MR) is 111 cm³/mol. The highest BCUT2D eigenvalue weighted by Crippen LogP contribution is 2.31. The Hall–Kier alpha value is -2.06. The van der Waals surface area contributed by atoms with Crippen molar-refractivity contribution in [3.05, 3.63) is 39.2 Å². The fraction of sp³-hybridized carbons (Fsp3) is 0.500. The fourth-order valence-corrected chi connectivity index (χ4v) is 5.47. The highest BCUT2D eigenvalue weighted by Gasteiger charge is 2.35. The summed E-state index contributed by atoms with van der Waals surface area (Å²) in [6, 6.07) is 4.16. The van der Waals surface area contributed by atoms with Crippen LogP contribution in [0.2, 0.25) is 5.02 Å². The number of nitrogens with zero attached hydrogens (tertiary/aromatic N) is 1. The van der Waals surface area contributed by atoms with Gasteiger partial charge in [-0.15, -0.1) is 0 Å². The van der Waals surface area contributed by atoms with E-state index in [1.807, 2.05) is 13.8 Å². The largest absolute Gasteiger partial charge is 0.482 e. The van der Waals surface area contributed by atoms with E-state index in [4.69, 9.17) is 20.8 Å². The lowest BCUT2D eigenvalue weighted by molar-refractivity contribution is -0.135. The zero-order valence-corrected chi connectivity index (χ0v) is 18.2. The van der Waals surface area contributed by atoms with Crippen molar-refractivity contribution >= 4 is 38.3 Å². The first-order chi connectivity index (χ1) is 13.6. The van der Waals surface area contributed by atoms with E-state index in [0.717, 1.165) is 5.56 Å². The van der Waals surface area contributed by atoms with Crippen LogP contribution in [0, 0.1) is 12.8 Å². The Labute approximate surface area is 174 Å².